The van der Waals surface area contributed by atoms with Crippen molar-refractivity contribution in [2.45, 2.75) is 18.1 Å². The van der Waals surface area contributed by atoms with Gasteiger partial charge in [0.15, 0.2) is 11.6 Å². The van der Waals surface area contributed by atoms with Crippen LogP contribution < -0.4 is 10.5 Å². The predicted molar refractivity (Wildman–Crippen MR) is 58.1 cm³/mol. The molecule has 0 radical (unpaired) electrons. The standard InChI is InChI=1S/C10H9F6NO.ClH/c1-18-6-4-2-3-5(7(6)11)8(17)9(12,13)10(14,15)16;/h2-4,8H,17H2,1H3;1H/t8-;/m0./s1. The molecule has 2 N–H and O–H groups in total. The van der Waals surface area contributed by atoms with Crippen LogP contribution >= 0.6 is 12.4 Å². The molecule has 0 fully saturated rings. The van der Waals surface area contributed by atoms with Crippen molar-refractivity contribution in [3.05, 3.63) is 29.6 Å². The normalized spacial score (nSPS) is 13.7. The summed E-state index contributed by atoms with van der Waals surface area (Å²) in [7, 11) is 1.05. The first-order chi connectivity index (χ1) is 8.13. The molecule has 0 bridgehead atoms. The summed E-state index contributed by atoms with van der Waals surface area (Å²) in [6, 6.07) is 0.0656. The molecule has 0 spiro atoms. The van der Waals surface area contributed by atoms with Crippen molar-refractivity contribution < 1.29 is 31.1 Å². The number of ether oxygens (including phenoxy) is 1. The summed E-state index contributed by atoms with van der Waals surface area (Å²) in [5, 5.41) is 0. The lowest BCUT2D eigenvalue weighted by atomic mass is 10.00. The largest absolute Gasteiger partial charge is 0.494 e. The van der Waals surface area contributed by atoms with E-state index in [-0.39, 0.29) is 12.4 Å². The number of hydrogen-bond donors (Lipinski definition) is 1. The third-order valence-corrected chi connectivity index (χ3v) is 2.32. The average Bonchev–Trinajstić information content (AvgIpc) is 2.27. The summed E-state index contributed by atoms with van der Waals surface area (Å²) in [5.41, 5.74) is 3.86. The number of hydrogen-bond acceptors (Lipinski definition) is 2. The van der Waals surface area contributed by atoms with Crippen molar-refractivity contribution in [1.82, 2.24) is 0 Å². The highest BCUT2D eigenvalue weighted by atomic mass is 35.5. The Morgan fingerprint density at radius 2 is 1.68 bits per heavy atom. The number of methoxy groups -OCH3 is 1. The van der Waals surface area contributed by atoms with Gasteiger partial charge in [-0.1, -0.05) is 12.1 Å². The molecular formula is C10H10ClF6NO. The van der Waals surface area contributed by atoms with E-state index in [1.54, 1.807) is 0 Å². The molecule has 0 unspecified atom stereocenters. The monoisotopic (exact) mass is 309 g/mol. The van der Waals surface area contributed by atoms with Gasteiger partial charge in [0, 0.05) is 5.56 Å². The SMILES string of the molecule is COc1cccc([C@H](N)C(F)(F)C(F)(F)F)c1F.Cl. The molecule has 1 aromatic rings. The minimum Gasteiger partial charge on any atom is -0.494 e. The quantitative estimate of drug-likeness (QED) is 0.868. The number of nitrogens with two attached hydrogens (primary N) is 1. The topological polar surface area (TPSA) is 35.2 Å². The van der Waals surface area contributed by atoms with E-state index in [9.17, 15) is 26.3 Å². The van der Waals surface area contributed by atoms with E-state index in [4.69, 9.17) is 5.73 Å². The Morgan fingerprint density at radius 3 is 2.11 bits per heavy atom. The molecular weight excluding hydrogens is 300 g/mol. The van der Waals surface area contributed by atoms with Crippen LogP contribution in [-0.2, 0) is 0 Å². The zero-order valence-corrected chi connectivity index (χ0v) is 10.3. The van der Waals surface area contributed by atoms with Gasteiger partial charge in [0.05, 0.1) is 7.11 Å². The van der Waals surface area contributed by atoms with E-state index in [0.717, 1.165) is 25.3 Å². The molecule has 0 aliphatic rings. The lowest BCUT2D eigenvalue weighted by molar-refractivity contribution is -0.291. The number of halogens is 7. The van der Waals surface area contributed by atoms with Crippen molar-refractivity contribution >= 4 is 12.4 Å². The Kier molecular flexibility index (Phi) is 5.52. The summed E-state index contributed by atoms with van der Waals surface area (Å²) < 4.78 is 80.2. The average molecular weight is 310 g/mol. The number of rotatable bonds is 3. The van der Waals surface area contributed by atoms with Crippen molar-refractivity contribution in [1.29, 1.82) is 0 Å². The van der Waals surface area contributed by atoms with E-state index in [1.165, 1.54) is 0 Å². The van der Waals surface area contributed by atoms with Crippen molar-refractivity contribution in [3.8, 4) is 5.75 Å². The van der Waals surface area contributed by atoms with Gasteiger partial charge in [-0.25, -0.2) is 4.39 Å². The fraction of sp³-hybridized carbons (Fsp3) is 0.400. The molecule has 1 aromatic carbocycles. The summed E-state index contributed by atoms with van der Waals surface area (Å²) in [6.45, 7) is 0. The van der Waals surface area contributed by atoms with Crippen LogP contribution in [-0.4, -0.2) is 19.2 Å². The van der Waals surface area contributed by atoms with Crippen molar-refractivity contribution in [2.75, 3.05) is 7.11 Å². The predicted octanol–water partition coefficient (Wildman–Crippen LogP) is 3.45. The Bertz CT molecular complexity index is 437. The first kappa shape index (κ1) is 17.9. The van der Waals surface area contributed by atoms with Crippen LogP contribution in [0, 0.1) is 5.82 Å². The molecule has 0 amide bonds. The van der Waals surface area contributed by atoms with Crippen LogP contribution in [0.4, 0.5) is 26.3 Å². The molecule has 2 nitrogen and oxygen atoms in total. The third kappa shape index (κ3) is 3.24. The van der Waals surface area contributed by atoms with Gasteiger partial charge in [-0.15, -0.1) is 12.4 Å². The minimum absolute atomic E-state index is 0. The Labute approximate surface area is 110 Å². The second kappa shape index (κ2) is 5.87. The van der Waals surface area contributed by atoms with Crippen LogP contribution in [0.3, 0.4) is 0 Å². The first-order valence-electron chi connectivity index (χ1n) is 4.65. The van der Waals surface area contributed by atoms with Gasteiger partial charge in [-0.2, -0.15) is 22.0 Å². The second-order valence-corrected chi connectivity index (χ2v) is 3.46. The van der Waals surface area contributed by atoms with E-state index < -0.39 is 35.3 Å². The maximum atomic E-state index is 13.5. The maximum Gasteiger partial charge on any atom is 0.455 e. The molecule has 0 saturated carbocycles. The molecule has 1 atom stereocenters. The highest BCUT2D eigenvalue weighted by Crippen LogP contribution is 2.44. The molecule has 0 heterocycles. The molecule has 19 heavy (non-hydrogen) atoms. The molecule has 0 aliphatic heterocycles. The Morgan fingerprint density at radius 1 is 1.16 bits per heavy atom. The zero-order chi connectivity index (χ0) is 14.1. The van der Waals surface area contributed by atoms with Crippen LogP contribution in [0.2, 0.25) is 0 Å². The molecule has 0 aliphatic carbocycles. The summed E-state index contributed by atoms with van der Waals surface area (Å²) in [6.07, 6.45) is -5.86. The fourth-order valence-corrected chi connectivity index (χ4v) is 1.30. The van der Waals surface area contributed by atoms with Gasteiger partial charge in [-0.3, -0.25) is 0 Å². The highest BCUT2D eigenvalue weighted by molar-refractivity contribution is 5.85. The van der Waals surface area contributed by atoms with Crippen LogP contribution in [0.1, 0.15) is 11.6 Å². The Balaban J connectivity index is 0.00000324. The summed E-state index contributed by atoms with van der Waals surface area (Å²) in [5.74, 6) is -7.03. The van der Waals surface area contributed by atoms with E-state index in [0.29, 0.717) is 0 Å². The van der Waals surface area contributed by atoms with Crippen molar-refractivity contribution in [3.63, 3.8) is 0 Å². The van der Waals surface area contributed by atoms with Crippen molar-refractivity contribution in [2.24, 2.45) is 5.73 Å². The van der Waals surface area contributed by atoms with E-state index in [1.807, 2.05) is 0 Å². The van der Waals surface area contributed by atoms with Gasteiger partial charge in [0.1, 0.15) is 6.04 Å². The van der Waals surface area contributed by atoms with Crippen LogP contribution in [0.25, 0.3) is 0 Å². The van der Waals surface area contributed by atoms with Gasteiger partial charge in [0.25, 0.3) is 0 Å². The zero-order valence-electron chi connectivity index (χ0n) is 9.47. The minimum atomic E-state index is -5.86. The van der Waals surface area contributed by atoms with Gasteiger partial charge in [0.2, 0.25) is 0 Å². The second-order valence-electron chi connectivity index (χ2n) is 3.46. The Hall–Kier alpha value is -1.15. The molecule has 110 valence electrons. The summed E-state index contributed by atoms with van der Waals surface area (Å²) in [4.78, 5) is 0. The van der Waals surface area contributed by atoms with Gasteiger partial charge < -0.3 is 10.5 Å². The first-order valence-corrected chi connectivity index (χ1v) is 4.65. The van der Waals surface area contributed by atoms with Gasteiger partial charge >= 0.3 is 12.1 Å². The lowest BCUT2D eigenvalue weighted by Gasteiger charge is -2.26. The van der Waals surface area contributed by atoms with E-state index >= 15 is 0 Å². The molecule has 0 aromatic heterocycles. The molecule has 0 saturated heterocycles. The summed E-state index contributed by atoms with van der Waals surface area (Å²) >= 11 is 0. The van der Waals surface area contributed by atoms with Crippen LogP contribution in [0.5, 0.6) is 5.75 Å². The third-order valence-electron chi connectivity index (χ3n) is 2.32. The fourth-order valence-electron chi connectivity index (χ4n) is 1.30. The van der Waals surface area contributed by atoms with E-state index in [2.05, 4.69) is 4.74 Å². The number of alkyl halides is 5. The molecule has 1 rings (SSSR count). The molecule has 9 heteroatoms. The highest BCUT2D eigenvalue weighted by Gasteiger charge is 2.62. The number of benzene rings is 1. The maximum absolute atomic E-state index is 13.5. The smallest absolute Gasteiger partial charge is 0.455 e. The van der Waals surface area contributed by atoms with Gasteiger partial charge in [-0.05, 0) is 6.07 Å². The lowest BCUT2D eigenvalue weighted by Crippen LogP contribution is -2.46. The van der Waals surface area contributed by atoms with Crippen LogP contribution in [0.15, 0.2) is 18.2 Å².